The highest BCUT2D eigenvalue weighted by Gasteiger charge is 2.21. The Hall–Kier alpha value is -2.57. The van der Waals surface area contributed by atoms with Crippen molar-refractivity contribution in [3.63, 3.8) is 0 Å². The molecule has 2 heterocycles. The Morgan fingerprint density at radius 1 is 1.41 bits per heavy atom. The molecule has 0 spiro atoms. The molecule has 1 unspecified atom stereocenters. The Morgan fingerprint density at radius 3 is 2.44 bits per heavy atom. The van der Waals surface area contributed by atoms with Crippen molar-refractivity contribution in [3.8, 4) is 0 Å². The van der Waals surface area contributed by atoms with Crippen LogP contribution in [-0.2, 0) is 11.3 Å². The fraction of sp³-hybridized carbons (Fsp3) is 0.500. The Kier molecular flexibility index (Phi) is 10.2. The monoisotopic (exact) mass is 439 g/mol. The van der Waals surface area contributed by atoms with Crippen molar-refractivity contribution in [3.05, 3.63) is 58.8 Å². The molecule has 6 nitrogen and oxygen atoms in total. The van der Waals surface area contributed by atoms with Gasteiger partial charge >= 0.3 is 0 Å². The maximum absolute atomic E-state index is 11.8. The van der Waals surface area contributed by atoms with E-state index in [-0.39, 0.29) is 17.2 Å². The van der Waals surface area contributed by atoms with Gasteiger partial charge in [0.1, 0.15) is 5.82 Å². The minimum absolute atomic E-state index is 0.0260. The summed E-state index contributed by atoms with van der Waals surface area (Å²) in [5.41, 5.74) is 17.8. The van der Waals surface area contributed by atoms with E-state index in [9.17, 15) is 4.79 Å². The predicted octanol–water partition coefficient (Wildman–Crippen LogP) is 4.98. The van der Waals surface area contributed by atoms with Crippen LogP contribution in [-0.4, -0.2) is 34.5 Å². The first kappa shape index (κ1) is 27.5. The smallest absolute Gasteiger partial charge is 0.159 e. The summed E-state index contributed by atoms with van der Waals surface area (Å²) in [6, 6.07) is 1.92. The van der Waals surface area contributed by atoms with Crippen LogP contribution in [0, 0.1) is 10.8 Å². The molecule has 32 heavy (non-hydrogen) atoms. The fourth-order valence-corrected chi connectivity index (χ4v) is 3.64. The first-order chi connectivity index (χ1) is 14.8. The molecule has 1 aliphatic heterocycles. The Labute approximate surface area is 194 Å². The van der Waals surface area contributed by atoms with Crippen molar-refractivity contribution in [1.29, 1.82) is 5.41 Å². The number of Topliss-reactive ketones (excluding diaryl/α,β-unsaturated/α-hetero) is 1. The quantitative estimate of drug-likeness (QED) is 0.428. The number of hydrogen-bond donors (Lipinski definition) is 3. The van der Waals surface area contributed by atoms with Gasteiger partial charge in [0.25, 0.3) is 0 Å². The van der Waals surface area contributed by atoms with Crippen molar-refractivity contribution < 1.29 is 4.79 Å². The van der Waals surface area contributed by atoms with Gasteiger partial charge in [-0.25, -0.2) is 4.98 Å². The normalized spacial score (nSPS) is 16.2. The van der Waals surface area contributed by atoms with E-state index in [1.165, 1.54) is 11.1 Å². The van der Waals surface area contributed by atoms with Gasteiger partial charge in [-0.2, -0.15) is 0 Å². The van der Waals surface area contributed by atoms with E-state index < -0.39 is 0 Å². The molecule has 1 aromatic rings. The number of nitrogens with two attached hydrogens (primary N) is 2. The van der Waals surface area contributed by atoms with Crippen LogP contribution in [0.3, 0.4) is 0 Å². The Bertz CT molecular complexity index is 903. The number of allylic oxidation sites excluding steroid dienone is 3. The third kappa shape index (κ3) is 7.84. The van der Waals surface area contributed by atoms with Gasteiger partial charge in [-0.1, -0.05) is 39.0 Å². The largest absolute Gasteiger partial charge is 0.383 e. The zero-order valence-electron chi connectivity index (χ0n) is 20.9. The number of pyridine rings is 1. The summed E-state index contributed by atoms with van der Waals surface area (Å²) in [5, 5.41) is 7.27. The van der Waals surface area contributed by atoms with Gasteiger partial charge in [-0.05, 0) is 57.4 Å². The van der Waals surface area contributed by atoms with Gasteiger partial charge in [0.05, 0.1) is 0 Å². The first-order valence-electron chi connectivity index (χ1n) is 11.1. The van der Waals surface area contributed by atoms with Crippen molar-refractivity contribution >= 4 is 17.3 Å². The molecule has 0 fully saturated rings. The van der Waals surface area contributed by atoms with Crippen LogP contribution < -0.4 is 11.5 Å². The fourth-order valence-electron chi connectivity index (χ4n) is 3.64. The van der Waals surface area contributed by atoms with Gasteiger partial charge in [-0.3, -0.25) is 9.69 Å². The molecule has 5 N–H and O–H groups in total. The van der Waals surface area contributed by atoms with Crippen molar-refractivity contribution in [1.82, 2.24) is 9.88 Å². The molecule has 0 amide bonds. The summed E-state index contributed by atoms with van der Waals surface area (Å²) in [6.45, 7) is 19.7. The van der Waals surface area contributed by atoms with E-state index in [2.05, 4.69) is 29.5 Å². The maximum atomic E-state index is 11.8. The number of carbonyl (C=O) groups is 1. The topological polar surface area (TPSA) is 109 Å². The van der Waals surface area contributed by atoms with Crippen molar-refractivity contribution in [2.45, 2.75) is 67.5 Å². The predicted molar refractivity (Wildman–Crippen MR) is 136 cm³/mol. The van der Waals surface area contributed by atoms with Crippen LogP contribution >= 0.6 is 0 Å². The van der Waals surface area contributed by atoms with E-state index in [4.69, 9.17) is 16.9 Å². The highest BCUT2D eigenvalue weighted by molar-refractivity contribution is 5.97. The molecule has 1 aromatic heterocycles. The van der Waals surface area contributed by atoms with Gasteiger partial charge in [0.2, 0.25) is 0 Å². The number of ketones is 1. The lowest BCUT2D eigenvalue weighted by Crippen LogP contribution is -2.31. The van der Waals surface area contributed by atoms with Crippen LogP contribution in [0.1, 0.15) is 72.1 Å². The van der Waals surface area contributed by atoms with E-state index in [1.54, 1.807) is 13.0 Å². The zero-order valence-corrected chi connectivity index (χ0v) is 20.9. The van der Waals surface area contributed by atoms with Crippen molar-refractivity contribution in [2.75, 3.05) is 18.8 Å². The molecule has 6 heteroatoms. The summed E-state index contributed by atoms with van der Waals surface area (Å²) < 4.78 is 0. The van der Waals surface area contributed by atoms with E-state index in [0.29, 0.717) is 11.5 Å². The first-order valence-corrected chi connectivity index (χ1v) is 11.1. The molecule has 1 aliphatic rings. The number of nitrogens with zero attached hydrogens (tertiary/aromatic N) is 2. The van der Waals surface area contributed by atoms with Crippen LogP contribution in [0.4, 0.5) is 5.82 Å². The Morgan fingerprint density at radius 2 is 2.03 bits per heavy atom. The summed E-state index contributed by atoms with van der Waals surface area (Å²) in [5.74, 6) is 0.648. The molecular formula is C26H41N5O. The van der Waals surface area contributed by atoms with Gasteiger partial charge < -0.3 is 16.9 Å². The maximum Gasteiger partial charge on any atom is 0.159 e. The van der Waals surface area contributed by atoms with Crippen LogP contribution in [0.15, 0.2) is 47.7 Å². The molecule has 0 saturated carbocycles. The number of nitrogen functional groups attached to an aromatic ring is 1. The number of hydrogen-bond acceptors (Lipinski definition) is 6. The third-order valence-corrected chi connectivity index (χ3v) is 5.56. The highest BCUT2D eigenvalue weighted by Crippen LogP contribution is 2.26. The molecule has 2 rings (SSSR count). The van der Waals surface area contributed by atoms with E-state index >= 15 is 0 Å². The van der Waals surface area contributed by atoms with Crippen LogP contribution in [0.5, 0.6) is 0 Å². The molecule has 0 radical (unpaired) electrons. The lowest BCUT2D eigenvalue weighted by atomic mass is 9.90. The summed E-state index contributed by atoms with van der Waals surface area (Å²) >= 11 is 0. The van der Waals surface area contributed by atoms with E-state index in [0.717, 1.165) is 42.8 Å². The second-order valence-corrected chi connectivity index (χ2v) is 9.45. The third-order valence-electron chi connectivity index (χ3n) is 5.56. The molecule has 176 valence electrons. The lowest BCUT2D eigenvalue weighted by molar-refractivity contribution is -0.113. The minimum atomic E-state index is -0.125. The number of rotatable bonds is 6. The molecule has 0 aliphatic carbocycles. The van der Waals surface area contributed by atoms with Gasteiger partial charge in [-0.15, -0.1) is 0 Å². The lowest BCUT2D eigenvalue weighted by Gasteiger charge is -2.30. The average molecular weight is 440 g/mol. The molecule has 0 bridgehead atoms. The van der Waals surface area contributed by atoms with E-state index in [1.807, 2.05) is 46.9 Å². The Balaban J connectivity index is 0.000000547. The average Bonchev–Trinajstić information content (AvgIpc) is 2.70. The van der Waals surface area contributed by atoms with Crippen molar-refractivity contribution in [2.24, 2.45) is 11.1 Å². The minimum Gasteiger partial charge on any atom is -0.383 e. The highest BCUT2D eigenvalue weighted by atomic mass is 16.1. The standard InChI is InChI=1S/C19H28N4O.C7H13N/c1-5-16(14(4)24)17-6-7-23(10-12(17)2)11-15-8-18(13(3)20)19(21)22-9-15;1-5-6(8)7(2,3)4/h5,8-9,13H,6-7,10-11,20H2,1-4H3,(H2,21,22);5,8H,1H2,2-4H3/b16-5-;. The number of nitrogens with one attached hydrogen (secondary N) is 1. The molecule has 0 aromatic carbocycles. The van der Waals surface area contributed by atoms with Crippen LogP contribution in [0.25, 0.3) is 0 Å². The number of aromatic nitrogens is 1. The molecule has 1 atom stereocenters. The number of anilines is 1. The summed E-state index contributed by atoms with van der Waals surface area (Å²) in [4.78, 5) is 18.4. The summed E-state index contributed by atoms with van der Waals surface area (Å²) in [7, 11) is 0. The molecule has 0 saturated heterocycles. The van der Waals surface area contributed by atoms with Gasteiger partial charge in [0, 0.05) is 54.1 Å². The zero-order chi connectivity index (χ0) is 24.6. The molecular weight excluding hydrogens is 398 g/mol. The number of carbonyl (C=O) groups excluding carboxylic acids is 1. The van der Waals surface area contributed by atoms with Gasteiger partial charge in [0.15, 0.2) is 5.78 Å². The second-order valence-electron chi connectivity index (χ2n) is 9.45. The SMILES string of the molecule is C/C=C(/C(C)=O)C1=C(C)CN(Cc2cnc(N)c(C(C)N)c2)CC1.C=CC(=N)C(C)(C)C. The second kappa shape index (κ2) is 11.9. The van der Waals surface area contributed by atoms with Crippen LogP contribution in [0.2, 0.25) is 0 Å². The summed E-state index contributed by atoms with van der Waals surface area (Å²) in [6.07, 6.45) is 6.23.